The van der Waals surface area contributed by atoms with Gasteiger partial charge in [-0.05, 0) is 49.2 Å². The first-order valence-corrected chi connectivity index (χ1v) is 11.4. The van der Waals surface area contributed by atoms with Crippen LogP contribution in [0.2, 0.25) is 0 Å². The number of nitrogens with zero attached hydrogens (tertiary/aromatic N) is 2. The molecule has 3 rings (SSSR count). The number of nitrogens with one attached hydrogen (secondary N) is 2. The van der Waals surface area contributed by atoms with Crippen molar-refractivity contribution < 1.29 is 31.1 Å². The summed E-state index contributed by atoms with van der Waals surface area (Å²) in [6.07, 6.45) is 0.0710. The fourth-order valence-electron chi connectivity index (χ4n) is 3.22. The van der Waals surface area contributed by atoms with Gasteiger partial charge in [0, 0.05) is 30.0 Å². The monoisotopic (exact) mass is 485 g/mol. The van der Waals surface area contributed by atoms with Crippen LogP contribution in [0.1, 0.15) is 31.2 Å². The maximum absolute atomic E-state index is 12.4. The second-order valence-corrected chi connectivity index (χ2v) is 9.13. The zero-order chi connectivity index (χ0) is 24.2. The van der Waals surface area contributed by atoms with Crippen LogP contribution in [0.25, 0.3) is 0 Å². The van der Waals surface area contributed by atoms with E-state index >= 15 is 0 Å². The molecule has 0 spiro atoms. The highest BCUT2D eigenvalue weighted by atomic mass is 32.2. The number of alkyl carbamates (subject to hydrolysis) is 1. The number of anilines is 2. The molecule has 1 aromatic carbocycles. The minimum absolute atomic E-state index is 0.0161. The van der Waals surface area contributed by atoms with Crippen LogP contribution in [-0.2, 0) is 14.8 Å². The molecule has 1 aliphatic carbocycles. The number of sulfonamides is 1. The summed E-state index contributed by atoms with van der Waals surface area (Å²) in [5.41, 5.74) is 1.33. The van der Waals surface area contributed by atoms with Crippen molar-refractivity contribution in [2.24, 2.45) is 5.14 Å². The number of halogens is 3. The molecule has 1 amide bonds. The number of alkyl halides is 3. The fourth-order valence-corrected chi connectivity index (χ4v) is 3.74. The summed E-state index contributed by atoms with van der Waals surface area (Å²) in [5.74, 6) is 0.161. The highest BCUT2D eigenvalue weighted by Crippen LogP contribution is 2.30. The van der Waals surface area contributed by atoms with Gasteiger partial charge in [0.1, 0.15) is 6.10 Å². The van der Waals surface area contributed by atoms with Crippen molar-refractivity contribution in [2.75, 3.05) is 5.32 Å². The number of nitrogens with two attached hydrogens (primary N) is 1. The molecule has 9 nitrogen and oxygen atoms in total. The summed E-state index contributed by atoms with van der Waals surface area (Å²) in [6.45, 7) is 1.25. The lowest BCUT2D eigenvalue weighted by atomic mass is 10.0. The molecule has 0 bridgehead atoms. The molecule has 0 fully saturated rings. The summed E-state index contributed by atoms with van der Waals surface area (Å²) in [6, 6.07) is 4.67. The first kappa shape index (κ1) is 24.5. The van der Waals surface area contributed by atoms with Gasteiger partial charge >= 0.3 is 12.3 Å². The molecule has 0 radical (unpaired) electrons. The van der Waals surface area contributed by atoms with Crippen LogP contribution in [0, 0.1) is 0 Å². The molecule has 1 aliphatic rings. The third-order valence-corrected chi connectivity index (χ3v) is 5.67. The van der Waals surface area contributed by atoms with Crippen molar-refractivity contribution in [3.8, 4) is 0 Å². The number of primary sulfonamides is 1. The van der Waals surface area contributed by atoms with E-state index in [0.29, 0.717) is 12.1 Å². The number of hydrogen-bond donors (Lipinski definition) is 3. The molecule has 0 saturated heterocycles. The van der Waals surface area contributed by atoms with Gasteiger partial charge < -0.3 is 15.4 Å². The molecule has 1 aromatic heterocycles. The van der Waals surface area contributed by atoms with Crippen LogP contribution < -0.4 is 15.8 Å². The zero-order valence-corrected chi connectivity index (χ0v) is 18.2. The SMILES string of the molecule is C[C@@H](CC(F)(F)F)NC(=O)O[C@@H]1C=C[C@@H](c2cnc(Nc3ccc(S(N)(=O)=O)cc3)nc2)C1. The van der Waals surface area contributed by atoms with Gasteiger partial charge in [0.15, 0.2) is 0 Å². The average Bonchev–Trinajstić information content (AvgIpc) is 3.15. The van der Waals surface area contributed by atoms with Crippen LogP contribution in [0.5, 0.6) is 0 Å². The second-order valence-electron chi connectivity index (χ2n) is 7.57. The van der Waals surface area contributed by atoms with E-state index in [9.17, 15) is 26.4 Å². The van der Waals surface area contributed by atoms with Gasteiger partial charge in [-0.25, -0.2) is 28.3 Å². The quantitative estimate of drug-likeness (QED) is 0.512. The highest BCUT2D eigenvalue weighted by Gasteiger charge is 2.31. The number of benzene rings is 1. The summed E-state index contributed by atoms with van der Waals surface area (Å²) >= 11 is 0. The molecule has 0 aliphatic heterocycles. The standard InChI is InChI=1S/C20H22F3N5O4S/c1-12(9-20(21,22)23)27-19(29)32-16-5-2-13(8-16)14-10-25-18(26-11-14)28-15-3-6-17(7-4-15)33(24,30)31/h2-7,10-13,16H,8-9H2,1H3,(H,27,29)(H2,24,30,31)(H,25,26,28)/t12-,13+,16+/m0/s1. The van der Waals surface area contributed by atoms with Gasteiger partial charge in [0.25, 0.3) is 0 Å². The number of amides is 1. The first-order valence-electron chi connectivity index (χ1n) is 9.83. The Morgan fingerprint density at radius 3 is 2.42 bits per heavy atom. The average molecular weight is 485 g/mol. The molecule has 178 valence electrons. The molecule has 4 N–H and O–H groups in total. The Morgan fingerprint density at radius 1 is 1.21 bits per heavy atom. The normalized spacial score (nSPS) is 19.2. The van der Waals surface area contributed by atoms with Crippen molar-refractivity contribution in [2.45, 2.75) is 48.9 Å². The molecular formula is C20H22F3N5O4S. The second kappa shape index (κ2) is 9.75. The minimum atomic E-state index is -4.37. The number of rotatable bonds is 7. The molecule has 0 unspecified atom stereocenters. The molecule has 2 aromatic rings. The Kier molecular flexibility index (Phi) is 7.22. The summed E-state index contributed by atoms with van der Waals surface area (Å²) in [5, 5.41) is 10.2. The fraction of sp³-hybridized carbons (Fsp3) is 0.350. The van der Waals surface area contributed by atoms with Gasteiger partial charge in [-0.3, -0.25) is 0 Å². The van der Waals surface area contributed by atoms with E-state index in [0.717, 1.165) is 5.56 Å². The van der Waals surface area contributed by atoms with E-state index in [4.69, 9.17) is 9.88 Å². The van der Waals surface area contributed by atoms with E-state index in [1.54, 1.807) is 18.5 Å². The maximum atomic E-state index is 12.4. The topological polar surface area (TPSA) is 136 Å². The number of carbonyl (C=O) groups excluding carboxylic acids is 1. The lowest BCUT2D eigenvalue weighted by Gasteiger charge is -2.18. The summed E-state index contributed by atoms with van der Waals surface area (Å²) in [4.78, 5) is 20.3. The lowest BCUT2D eigenvalue weighted by Crippen LogP contribution is -2.37. The van der Waals surface area contributed by atoms with Crippen molar-refractivity contribution >= 4 is 27.8 Å². The molecule has 13 heteroatoms. The molecule has 3 atom stereocenters. The van der Waals surface area contributed by atoms with Gasteiger partial charge in [0.05, 0.1) is 11.3 Å². The van der Waals surface area contributed by atoms with Crippen molar-refractivity contribution in [3.05, 3.63) is 54.4 Å². The molecule has 1 heterocycles. The molecule has 33 heavy (non-hydrogen) atoms. The number of allylic oxidation sites excluding steroid dienone is 1. The molecule has 0 saturated carbocycles. The van der Waals surface area contributed by atoms with E-state index in [1.807, 2.05) is 6.08 Å². The number of carbonyl (C=O) groups is 1. The Bertz CT molecular complexity index is 1110. The van der Waals surface area contributed by atoms with Gasteiger partial charge in [-0.15, -0.1) is 0 Å². The van der Waals surface area contributed by atoms with Crippen LogP contribution >= 0.6 is 0 Å². The number of ether oxygens (including phenoxy) is 1. The van der Waals surface area contributed by atoms with E-state index in [1.165, 1.54) is 31.2 Å². The zero-order valence-electron chi connectivity index (χ0n) is 17.4. The first-order chi connectivity index (χ1) is 15.4. The van der Waals surface area contributed by atoms with Crippen LogP contribution in [0.15, 0.2) is 53.7 Å². The lowest BCUT2D eigenvalue weighted by molar-refractivity contribution is -0.138. The van der Waals surface area contributed by atoms with Crippen molar-refractivity contribution in [3.63, 3.8) is 0 Å². The Balaban J connectivity index is 1.51. The van der Waals surface area contributed by atoms with Gasteiger partial charge in [0.2, 0.25) is 16.0 Å². The third-order valence-electron chi connectivity index (χ3n) is 4.74. The minimum Gasteiger partial charge on any atom is -0.442 e. The largest absolute Gasteiger partial charge is 0.442 e. The third kappa shape index (κ3) is 7.43. The van der Waals surface area contributed by atoms with Crippen molar-refractivity contribution in [1.82, 2.24) is 15.3 Å². The number of hydrogen-bond acceptors (Lipinski definition) is 7. The van der Waals surface area contributed by atoms with Crippen LogP contribution in [-0.4, -0.2) is 42.8 Å². The number of aromatic nitrogens is 2. The van der Waals surface area contributed by atoms with Gasteiger partial charge in [-0.1, -0.05) is 6.08 Å². The predicted molar refractivity (Wildman–Crippen MR) is 113 cm³/mol. The summed E-state index contributed by atoms with van der Waals surface area (Å²) < 4.78 is 64.9. The van der Waals surface area contributed by atoms with Gasteiger partial charge in [-0.2, -0.15) is 13.2 Å². The van der Waals surface area contributed by atoms with E-state index in [-0.39, 0.29) is 16.8 Å². The van der Waals surface area contributed by atoms with Crippen LogP contribution in [0.3, 0.4) is 0 Å². The predicted octanol–water partition coefficient (Wildman–Crippen LogP) is 3.35. The highest BCUT2D eigenvalue weighted by molar-refractivity contribution is 7.89. The smallest absolute Gasteiger partial charge is 0.407 e. The Hall–Kier alpha value is -3.19. The van der Waals surface area contributed by atoms with E-state index < -0.39 is 40.9 Å². The van der Waals surface area contributed by atoms with Crippen LogP contribution in [0.4, 0.5) is 29.6 Å². The Labute approximate surface area is 188 Å². The van der Waals surface area contributed by atoms with E-state index in [2.05, 4.69) is 20.6 Å². The molecular weight excluding hydrogens is 463 g/mol. The van der Waals surface area contributed by atoms with Crippen molar-refractivity contribution in [1.29, 1.82) is 0 Å². The Morgan fingerprint density at radius 2 is 1.85 bits per heavy atom. The maximum Gasteiger partial charge on any atom is 0.407 e. The summed E-state index contributed by atoms with van der Waals surface area (Å²) in [7, 11) is -3.78.